The molecular weight excluding hydrogens is 300 g/mol. The van der Waals surface area contributed by atoms with Crippen LogP contribution in [0.1, 0.15) is 44.3 Å². The molecule has 0 atom stereocenters. The van der Waals surface area contributed by atoms with Gasteiger partial charge in [0, 0.05) is 30.8 Å². The molecule has 1 heterocycles. The van der Waals surface area contributed by atoms with Crippen LogP contribution in [0.3, 0.4) is 0 Å². The van der Waals surface area contributed by atoms with Gasteiger partial charge in [-0.2, -0.15) is 0 Å². The zero-order valence-corrected chi connectivity index (χ0v) is 13.5. The van der Waals surface area contributed by atoms with E-state index in [4.69, 9.17) is 4.74 Å². The topological polar surface area (TPSA) is 87.4 Å². The van der Waals surface area contributed by atoms with Gasteiger partial charge in [-0.15, -0.1) is 0 Å². The molecule has 1 aromatic heterocycles. The molecule has 7 nitrogen and oxygen atoms in total. The lowest BCUT2D eigenvalue weighted by atomic mass is 10.2. The van der Waals surface area contributed by atoms with Crippen LogP contribution < -0.4 is 11.2 Å². The quantitative estimate of drug-likeness (QED) is 0.409. The SMILES string of the molecule is C=C(C)C(=O)OCCCCCC(=O)n1ccc(=O)n(CC)c1=O. The molecule has 0 aromatic carbocycles. The van der Waals surface area contributed by atoms with Gasteiger partial charge in [0.15, 0.2) is 0 Å². The summed E-state index contributed by atoms with van der Waals surface area (Å²) < 4.78 is 6.91. The fraction of sp³-hybridized carbons (Fsp3) is 0.500. The van der Waals surface area contributed by atoms with Crippen LogP contribution in [0.4, 0.5) is 0 Å². The van der Waals surface area contributed by atoms with Gasteiger partial charge in [-0.1, -0.05) is 6.58 Å². The summed E-state index contributed by atoms with van der Waals surface area (Å²) in [5.74, 6) is -0.773. The molecule has 0 aliphatic carbocycles. The number of esters is 1. The second-order valence-electron chi connectivity index (χ2n) is 5.17. The molecule has 23 heavy (non-hydrogen) atoms. The Balaban J connectivity index is 2.44. The highest BCUT2D eigenvalue weighted by atomic mass is 16.5. The average Bonchev–Trinajstić information content (AvgIpc) is 2.50. The van der Waals surface area contributed by atoms with Gasteiger partial charge in [0.1, 0.15) is 0 Å². The van der Waals surface area contributed by atoms with Crippen LogP contribution in [0.5, 0.6) is 0 Å². The normalized spacial score (nSPS) is 10.3. The van der Waals surface area contributed by atoms with Crippen LogP contribution in [0.15, 0.2) is 34.0 Å². The number of aromatic nitrogens is 2. The van der Waals surface area contributed by atoms with E-state index in [1.54, 1.807) is 13.8 Å². The number of hydrogen-bond acceptors (Lipinski definition) is 5. The summed E-state index contributed by atoms with van der Waals surface area (Å²) in [6.07, 6.45) is 3.30. The van der Waals surface area contributed by atoms with Crippen molar-refractivity contribution in [3.63, 3.8) is 0 Å². The Kier molecular flexibility index (Phi) is 7.18. The van der Waals surface area contributed by atoms with Gasteiger partial charge < -0.3 is 4.74 Å². The Morgan fingerprint density at radius 2 is 1.91 bits per heavy atom. The van der Waals surface area contributed by atoms with Gasteiger partial charge in [0.25, 0.3) is 5.56 Å². The first-order valence-corrected chi connectivity index (χ1v) is 7.56. The molecule has 0 saturated carbocycles. The van der Waals surface area contributed by atoms with Crippen molar-refractivity contribution in [1.82, 2.24) is 9.13 Å². The number of hydrogen-bond donors (Lipinski definition) is 0. The molecule has 0 saturated heterocycles. The monoisotopic (exact) mass is 322 g/mol. The molecule has 126 valence electrons. The second-order valence-corrected chi connectivity index (χ2v) is 5.17. The average molecular weight is 322 g/mol. The van der Waals surface area contributed by atoms with E-state index in [2.05, 4.69) is 6.58 Å². The molecule has 0 aliphatic rings. The number of rotatable bonds is 8. The zero-order valence-electron chi connectivity index (χ0n) is 13.5. The summed E-state index contributed by atoms with van der Waals surface area (Å²) >= 11 is 0. The van der Waals surface area contributed by atoms with Crippen molar-refractivity contribution in [3.8, 4) is 0 Å². The molecule has 1 rings (SSSR count). The minimum absolute atomic E-state index is 0.191. The van der Waals surface area contributed by atoms with Crippen molar-refractivity contribution in [2.45, 2.75) is 46.1 Å². The van der Waals surface area contributed by atoms with E-state index in [1.165, 1.54) is 12.3 Å². The van der Waals surface area contributed by atoms with Crippen LogP contribution in [-0.4, -0.2) is 27.6 Å². The van der Waals surface area contributed by atoms with Gasteiger partial charge in [-0.05, 0) is 33.1 Å². The van der Waals surface area contributed by atoms with Crippen LogP contribution in [0, 0.1) is 0 Å². The molecule has 0 radical (unpaired) electrons. The fourth-order valence-corrected chi connectivity index (χ4v) is 1.96. The highest BCUT2D eigenvalue weighted by Crippen LogP contribution is 2.03. The predicted octanol–water partition coefficient (Wildman–Crippen LogP) is 1.35. The van der Waals surface area contributed by atoms with Crippen molar-refractivity contribution >= 4 is 11.9 Å². The maximum absolute atomic E-state index is 12.0. The van der Waals surface area contributed by atoms with Crippen molar-refractivity contribution in [2.75, 3.05) is 6.61 Å². The van der Waals surface area contributed by atoms with Crippen molar-refractivity contribution in [3.05, 3.63) is 45.3 Å². The summed E-state index contributed by atoms with van der Waals surface area (Å²) in [7, 11) is 0. The number of unbranched alkanes of at least 4 members (excludes halogenated alkanes) is 2. The van der Waals surface area contributed by atoms with E-state index in [9.17, 15) is 19.2 Å². The molecular formula is C16H22N2O5. The Labute approximate surface area is 134 Å². The lowest BCUT2D eigenvalue weighted by Crippen LogP contribution is -2.40. The van der Waals surface area contributed by atoms with Crippen LogP contribution in [0.2, 0.25) is 0 Å². The Morgan fingerprint density at radius 1 is 1.22 bits per heavy atom. The Hall–Kier alpha value is -2.44. The molecule has 0 amide bonds. The number of carbonyl (C=O) groups is 2. The van der Waals surface area contributed by atoms with Gasteiger partial charge in [-0.3, -0.25) is 14.2 Å². The Morgan fingerprint density at radius 3 is 2.52 bits per heavy atom. The van der Waals surface area contributed by atoms with Crippen LogP contribution in [-0.2, 0) is 16.1 Å². The standard InChI is InChI=1S/C16H22N2O5/c1-4-17-14(20)9-10-18(16(17)22)13(19)8-6-5-7-11-23-15(21)12(2)3/h9-10H,2,4-8,11H2,1,3H3. The Bertz CT molecular complexity index is 699. The highest BCUT2D eigenvalue weighted by molar-refractivity contribution is 5.86. The van der Waals surface area contributed by atoms with Gasteiger partial charge in [0.2, 0.25) is 5.91 Å². The van der Waals surface area contributed by atoms with Gasteiger partial charge >= 0.3 is 11.7 Å². The highest BCUT2D eigenvalue weighted by Gasteiger charge is 2.10. The van der Waals surface area contributed by atoms with Gasteiger partial charge in [-0.25, -0.2) is 14.2 Å². The van der Waals surface area contributed by atoms with E-state index in [-0.39, 0.29) is 25.5 Å². The number of carbonyl (C=O) groups excluding carboxylic acids is 2. The van der Waals surface area contributed by atoms with Crippen molar-refractivity contribution < 1.29 is 14.3 Å². The van der Waals surface area contributed by atoms with E-state index in [0.717, 1.165) is 9.13 Å². The molecule has 0 spiro atoms. The zero-order chi connectivity index (χ0) is 17.4. The number of nitrogens with zero attached hydrogens (tertiary/aromatic N) is 2. The van der Waals surface area contributed by atoms with E-state index < -0.39 is 17.2 Å². The summed E-state index contributed by atoms with van der Waals surface area (Å²) in [4.78, 5) is 46.6. The molecule has 7 heteroatoms. The largest absolute Gasteiger partial charge is 0.462 e. The third-order valence-electron chi connectivity index (χ3n) is 3.27. The minimum Gasteiger partial charge on any atom is -0.462 e. The molecule has 0 aliphatic heterocycles. The van der Waals surface area contributed by atoms with E-state index >= 15 is 0 Å². The molecule has 1 aromatic rings. The number of ether oxygens (including phenoxy) is 1. The summed E-state index contributed by atoms with van der Waals surface area (Å²) in [5, 5.41) is 0. The maximum Gasteiger partial charge on any atom is 0.337 e. The first kappa shape index (κ1) is 18.6. The predicted molar refractivity (Wildman–Crippen MR) is 85.5 cm³/mol. The fourth-order valence-electron chi connectivity index (χ4n) is 1.96. The molecule has 0 fully saturated rings. The molecule has 0 N–H and O–H groups in total. The third-order valence-corrected chi connectivity index (χ3v) is 3.27. The summed E-state index contributed by atoms with van der Waals surface area (Å²) in [6, 6.07) is 1.21. The van der Waals surface area contributed by atoms with Crippen molar-refractivity contribution in [1.29, 1.82) is 0 Å². The van der Waals surface area contributed by atoms with Gasteiger partial charge in [0.05, 0.1) is 6.61 Å². The van der Waals surface area contributed by atoms with E-state index in [0.29, 0.717) is 24.8 Å². The van der Waals surface area contributed by atoms with Crippen LogP contribution in [0.25, 0.3) is 0 Å². The van der Waals surface area contributed by atoms with E-state index in [1.807, 2.05) is 0 Å². The second kappa shape index (κ2) is 8.87. The third kappa shape index (κ3) is 5.36. The molecule has 0 unspecified atom stereocenters. The lowest BCUT2D eigenvalue weighted by molar-refractivity contribution is -0.139. The minimum atomic E-state index is -0.611. The first-order chi connectivity index (χ1) is 10.9. The van der Waals surface area contributed by atoms with Crippen molar-refractivity contribution in [2.24, 2.45) is 0 Å². The lowest BCUT2D eigenvalue weighted by Gasteiger charge is -2.07. The molecule has 0 bridgehead atoms. The maximum atomic E-state index is 12.0. The van der Waals surface area contributed by atoms with Crippen LogP contribution >= 0.6 is 0 Å². The summed E-state index contributed by atoms with van der Waals surface area (Å²) in [5.41, 5.74) is -0.674. The summed E-state index contributed by atoms with van der Waals surface area (Å²) in [6.45, 7) is 7.23. The smallest absolute Gasteiger partial charge is 0.337 e. The first-order valence-electron chi connectivity index (χ1n) is 7.56.